The number of rotatable bonds is 7. The lowest BCUT2D eigenvalue weighted by molar-refractivity contribution is -0.683. The van der Waals surface area contributed by atoms with Crippen molar-refractivity contribution >= 4 is 28.3 Å². The lowest BCUT2D eigenvalue weighted by Gasteiger charge is -2.18. The number of methoxy groups -OCH3 is 1. The van der Waals surface area contributed by atoms with Crippen LogP contribution in [0.3, 0.4) is 0 Å². The smallest absolute Gasteiger partial charge is 0.277 e. The van der Waals surface area contributed by atoms with Crippen molar-refractivity contribution in [3.63, 3.8) is 0 Å². The van der Waals surface area contributed by atoms with E-state index in [-0.39, 0.29) is 11.9 Å². The molecule has 1 amide bonds. The van der Waals surface area contributed by atoms with Crippen LogP contribution in [0, 0.1) is 0 Å². The monoisotopic (exact) mass is 397 g/mol. The molecule has 2 N–H and O–H groups in total. The topological polar surface area (TPSA) is 46.1 Å². The molecule has 28 heavy (non-hydrogen) atoms. The molecule has 0 unspecified atom stereocenters. The van der Waals surface area contributed by atoms with Gasteiger partial charge in [-0.25, -0.2) is 0 Å². The number of carbonyl (C=O) groups excluding carboxylic acids is 1. The fourth-order valence-corrected chi connectivity index (χ4v) is 3.42. The molecule has 0 aromatic heterocycles. The van der Waals surface area contributed by atoms with Crippen molar-refractivity contribution in [2.75, 3.05) is 20.7 Å². The number of likely N-dealkylation sites (N-methyl/N-ethyl adjacent to an activating group) is 1. The Balaban J connectivity index is 1.58. The first-order valence-electron chi connectivity index (χ1n) is 9.35. The van der Waals surface area contributed by atoms with Gasteiger partial charge in [0.2, 0.25) is 0 Å². The van der Waals surface area contributed by atoms with Gasteiger partial charge < -0.3 is 15.0 Å². The molecule has 0 bridgehead atoms. The Bertz CT molecular complexity index is 974. The molecular formula is C23H26ClN2O2+. The number of amides is 1. The van der Waals surface area contributed by atoms with Crippen molar-refractivity contribution in [3.8, 4) is 5.75 Å². The van der Waals surface area contributed by atoms with E-state index in [1.54, 1.807) is 12.0 Å². The number of fused-ring (bicyclic) bond motifs is 1. The highest BCUT2D eigenvalue weighted by atomic mass is 35.5. The molecule has 3 aromatic rings. The van der Waals surface area contributed by atoms with Crippen LogP contribution in [-0.4, -0.2) is 31.5 Å². The van der Waals surface area contributed by atoms with Crippen LogP contribution in [0.1, 0.15) is 24.1 Å². The molecule has 0 fully saturated rings. The first kappa shape index (κ1) is 20.2. The van der Waals surface area contributed by atoms with Gasteiger partial charge in [0.05, 0.1) is 7.11 Å². The lowest BCUT2D eigenvalue weighted by Crippen LogP contribution is -2.86. The van der Waals surface area contributed by atoms with Gasteiger partial charge in [0.15, 0.2) is 6.54 Å². The first-order chi connectivity index (χ1) is 13.5. The molecule has 3 aromatic carbocycles. The summed E-state index contributed by atoms with van der Waals surface area (Å²) in [6.07, 6.45) is 0. The number of carbonyl (C=O) groups is 1. The van der Waals surface area contributed by atoms with Gasteiger partial charge in [-0.15, -0.1) is 0 Å². The van der Waals surface area contributed by atoms with Gasteiger partial charge in [0.25, 0.3) is 5.91 Å². The largest absolute Gasteiger partial charge is 0.497 e. The van der Waals surface area contributed by atoms with E-state index in [1.165, 1.54) is 0 Å². The van der Waals surface area contributed by atoms with Crippen molar-refractivity contribution in [2.24, 2.45) is 0 Å². The minimum Gasteiger partial charge on any atom is -0.497 e. The Kier molecular flexibility index (Phi) is 6.55. The molecule has 0 aliphatic carbocycles. The quantitative estimate of drug-likeness (QED) is 0.659. The van der Waals surface area contributed by atoms with Crippen LogP contribution < -0.4 is 10.1 Å². The Morgan fingerprint density at radius 3 is 2.61 bits per heavy atom. The summed E-state index contributed by atoms with van der Waals surface area (Å²) in [5.74, 6) is 0.945. The van der Waals surface area contributed by atoms with E-state index in [4.69, 9.17) is 16.3 Å². The molecule has 0 aliphatic rings. The molecule has 3 rings (SSSR count). The molecule has 0 saturated heterocycles. The van der Waals surface area contributed by atoms with Crippen molar-refractivity contribution in [1.82, 2.24) is 4.90 Å². The number of benzene rings is 3. The summed E-state index contributed by atoms with van der Waals surface area (Å²) in [4.78, 5) is 14.3. The highest BCUT2D eigenvalue weighted by Crippen LogP contribution is 2.22. The predicted octanol–water partition coefficient (Wildman–Crippen LogP) is 3.78. The average molecular weight is 398 g/mol. The fraction of sp³-hybridized carbons (Fsp3) is 0.261. The lowest BCUT2D eigenvalue weighted by atomic mass is 10.1. The van der Waals surface area contributed by atoms with Gasteiger partial charge in [0, 0.05) is 24.2 Å². The second-order valence-corrected chi connectivity index (χ2v) is 7.52. The highest BCUT2D eigenvalue weighted by Gasteiger charge is 2.15. The summed E-state index contributed by atoms with van der Waals surface area (Å²) in [6.45, 7) is 3.06. The Hall–Kier alpha value is -2.56. The molecule has 5 heteroatoms. The van der Waals surface area contributed by atoms with Crippen molar-refractivity contribution in [1.29, 1.82) is 0 Å². The summed E-state index contributed by atoms with van der Waals surface area (Å²) in [5, 5.41) is 5.02. The number of halogens is 1. The maximum atomic E-state index is 12.5. The summed E-state index contributed by atoms with van der Waals surface area (Å²) < 4.78 is 5.27. The number of ether oxygens (including phenoxy) is 1. The molecule has 0 radical (unpaired) electrons. The standard InChI is InChI=1S/C23H25ClN2O2/c1-16(18-5-4-6-21(24)12-18)25-14-23(27)26(2)15-17-7-8-20-13-22(28-3)10-9-19(20)11-17/h4-13,16,25H,14-15H2,1-3H3/p+1/t16-/m1/s1. The van der Waals surface area contributed by atoms with E-state index in [0.717, 1.165) is 32.7 Å². The maximum Gasteiger partial charge on any atom is 0.277 e. The number of hydrogen-bond acceptors (Lipinski definition) is 2. The van der Waals surface area contributed by atoms with Crippen molar-refractivity contribution < 1.29 is 14.8 Å². The summed E-state index contributed by atoms with van der Waals surface area (Å²) in [6, 6.07) is 20.2. The molecule has 1 atom stereocenters. The normalized spacial score (nSPS) is 12.0. The van der Waals surface area contributed by atoms with Crippen LogP contribution in [0.15, 0.2) is 60.7 Å². The Labute approximate surface area is 171 Å². The van der Waals surface area contributed by atoms with Gasteiger partial charge in [-0.3, -0.25) is 4.79 Å². The third kappa shape index (κ3) is 5.03. The number of nitrogens with two attached hydrogens (primary N) is 1. The number of nitrogens with zero attached hydrogens (tertiary/aromatic N) is 1. The minimum atomic E-state index is 0.101. The zero-order chi connectivity index (χ0) is 20.1. The Morgan fingerprint density at radius 1 is 1.11 bits per heavy atom. The van der Waals surface area contributed by atoms with Crippen LogP contribution in [-0.2, 0) is 11.3 Å². The van der Waals surface area contributed by atoms with Crippen molar-refractivity contribution in [2.45, 2.75) is 19.5 Å². The predicted molar refractivity (Wildman–Crippen MR) is 114 cm³/mol. The second kappa shape index (κ2) is 9.09. The van der Waals surface area contributed by atoms with Crippen LogP contribution in [0.25, 0.3) is 10.8 Å². The van der Waals surface area contributed by atoms with Crippen LogP contribution in [0.5, 0.6) is 5.75 Å². The number of quaternary nitrogens is 1. The minimum absolute atomic E-state index is 0.101. The van der Waals surface area contributed by atoms with E-state index in [2.05, 4.69) is 25.1 Å². The Morgan fingerprint density at radius 2 is 1.86 bits per heavy atom. The molecule has 0 spiro atoms. The average Bonchev–Trinajstić information content (AvgIpc) is 2.71. The van der Waals surface area contributed by atoms with E-state index in [9.17, 15) is 4.79 Å². The number of hydrogen-bond donors (Lipinski definition) is 1. The van der Waals surface area contributed by atoms with E-state index >= 15 is 0 Å². The summed E-state index contributed by atoms with van der Waals surface area (Å²) in [7, 11) is 3.51. The van der Waals surface area contributed by atoms with Gasteiger partial charge in [-0.2, -0.15) is 0 Å². The molecule has 0 aliphatic heterocycles. The zero-order valence-corrected chi connectivity index (χ0v) is 17.2. The van der Waals surface area contributed by atoms with Crippen LogP contribution in [0.2, 0.25) is 5.02 Å². The van der Waals surface area contributed by atoms with Gasteiger partial charge >= 0.3 is 0 Å². The molecular weight excluding hydrogens is 372 g/mol. The third-order valence-electron chi connectivity index (χ3n) is 4.98. The van der Waals surface area contributed by atoms with Crippen LogP contribution >= 0.6 is 11.6 Å². The van der Waals surface area contributed by atoms with Gasteiger partial charge in [-0.05, 0) is 53.6 Å². The third-order valence-corrected chi connectivity index (χ3v) is 5.21. The van der Waals surface area contributed by atoms with E-state index < -0.39 is 0 Å². The fourth-order valence-electron chi connectivity index (χ4n) is 3.22. The van der Waals surface area contributed by atoms with Crippen molar-refractivity contribution in [3.05, 3.63) is 76.8 Å². The molecule has 0 saturated carbocycles. The zero-order valence-electron chi connectivity index (χ0n) is 16.5. The second-order valence-electron chi connectivity index (χ2n) is 7.08. The SMILES string of the molecule is COc1ccc2cc(CN(C)C(=O)C[NH2+][C@H](C)c3cccc(Cl)c3)ccc2c1. The molecule has 0 heterocycles. The highest BCUT2D eigenvalue weighted by molar-refractivity contribution is 6.30. The van der Waals surface area contributed by atoms with Gasteiger partial charge in [0.1, 0.15) is 11.8 Å². The van der Waals surface area contributed by atoms with E-state index in [0.29, 0.717) is 13.1 Å². The molecule has 4 nitrogen and oxygen atoms in total. The van der Waals surface area contributed by atoms with Crippen LogP contribution in [0.4, 0.5) is 0 Å². The first-order valence-corrected chi connectivity index (χ1v) is 9.73. The maximum absolute atomic E-state index is 12.5. The van der Waals surface area contributed by atoms with Gasteiger partial charge in [-0.1, -0.05) is 41.9 Å². The summed E-state index contributed by atoms with van der Waals surface area (Å²) in [5.41, 5.74) is 2.23. The molecule has 146 valence electrons. The summed E-state index contributed by atoms with van der Waals surface area (Å²) >= 11 is 6.05. The van der Waals surface area contributed by atoms with E-state index in [1.807, 2.05) is 54.8 Å².